The second-order valence-corrected chi connectivity index (χ2v) is 6.05. The normalized spacial score (nSPS) is 11.8. The highest BCUT2D eigenvalue weighted by Gasteiger charge is 2.15. The highest BCUT2D eigenvalue weighted by atomic mass is 32.1. The molecule has 0 radical (unpaired) electrons. The lowest BCUT2D eigenvalue weighted by Crippen LogP contribution is -2.34. The van der Waals surface area contributed by atoms with Gasteiger partial charge in [0.1, 0.15) is 0 Å². The molecule has 0 aliphatic rings. The molecule has 1 heterocycles. The first-order valence-electron chi connectivity index (χ1n) is 5.75. The molecule has 3 heteroatoms. The van der Waals surface area contributed by atoms with Gasteiger partial charge in [-0.25, -0.2) is 4.98 Å². The lowest BCUT2D eigenvalue weighted by molar-refractivity contribution is 0.515. The Morgan fingerprint density at radius 1 is 1.29 bits per heavy atom. The average molecular weight is 246 g/mol. The van der Waals surface area contributed by atoms with E-state index in [0.29, 0.717) is 0 Å². The van der Waals surface area contributed by atoms with Crippen LogP contribution in [-0.4, -0.2) is 10.5 Å². The van der Waals surface area contributed by atoms with Gasteiger partial charge in [0, 0.05) is 22.9 Å². The van der Waals surface area contributed by atoms with Gasteiger partial charge < -0.3 is 5.73 Å². The number of aromatic nitrogens is 1. The van der Waals surface area contributed by atoms with Crippen molar-refractivity contribution in [2.75, 3.05) is 0 Å². The zero-order chi connectivity index (χ0) is 12.5. The molecule has 0 saturated heterocycles. The van der Waals surface area contributed by atoms with E-state index in [9.17, 15) is 0 Å². The van der Waals surface area contributed by atoms with Crippen LogP contribution in [0.4, 0.5) is 0 Å². The Kier molecular flexibility index (Phi) is 3.31. The van der Waals surface area contributed by atoms with Gasteiger partial charge in [-0.05, 0) is 26.3 Å². The molecule has 17 heavy (non-hydrogen) atoms. The van der Waals surface area contributed by atoms with Crippen LogP contribution in [0.3, 0.4) is 0 Å². The van der Waals surface area contributed by atoms with Gasteiger partial charge >= 0.3 is 0 Å². The molecule has 0 saturated carbocycles. The van der Waals surface area contributed by atoms with Gasteiger partial charge in [0.15, 0.2) is 0 Å². The highest BCUT2D eigenvalue weighted by molar-refractivity contribution is 7.10. The lowest BCUT2D eigenvalue weighted by atomic mass is 10.0. The van der Waals surface area contributed by atoms with Crippen molar-refractivity contribution >= 4 is 11.3 Å². The Labute approximate surface area is 107 Å². The van der Waals surface area contributed by atoms with Crippen LogP contribution in [0, 0.1) is 6.92 Å². The summed E-state index contributed by atoms with van der Waals surface area (Å²) in [4.78, 5) is 4.67. The number of aryl methyl sites for hydroxylation is 1. The van der Waals surface area contributed by atoms with Gasteiger partial charge in [0.25, 0.3) is 0 Å². The molecule has 0 aliphatic carbocycles. The van der Waals surface area contributed by atoms with Crippen LogP contribution in [0.2, 0.25) is 0 Å². The molecule has 2 rings (SSSR count). The third-order valence-corrected chi connectivity index (χ3v) is 3.43. The van der Waals surface area contributed by atoms with Gasteiger partial charge in [0.2, 0.25) is 0 Å². The fourth-order valence-electron chi connectivity index (χ4n) is 1.77. The molecule has 0 fully saturated rings. The zero-order valence-electron chi connectivity index (χ0n) is 10.5. The van der Waals surface area contributed by atoms with Crippen molar-refractivity contribution < 1.29 is 0 Å². The third kappa shape index (κ3) is 3.14. The molecule has 1 aromatic carbocycles. The van der Waals surface area contributed by atoms with Crippen molar-refractivity contribution in [2.24, 2.45) is 5.73 Å². The Balaban J connectivity index is 2.28. The number of rotatable bonds is 3. The van der Waals surface area contributed by atoms with Crippen LogP contribution in [0.25, 0.3) is 11.3 Å². The molecular formula is C14H18N2S. The largest absolute Gasteiger partial charge is 0.325 e. The number of thiazole rings is 1. The van der Waals surface area contributed by atoms with Crippen LogP contribution in [-0.2, 0) is 6.42 Å². The standard InChI is InChI=1S/C14H18N2S/c1-10-6-4-5-7-11(10)12-9-17-13(16-12)8-14(2,3)15/h4-7,9H,8,15H2,1-3H3. The molecule has 2 N–H and O–H groups in total. The minimum absolute atomic E-state index is 0.194. The second-order valence-electron chi connectivity index (χ2n) is 5.11. The summed E-state index contributed by atoms with van der Waals surface area (Å²) in [6, 6.07) is 8.33. The predicted octanol–water partition coefficient (Wildman–Crippen LogP) is 3.40. The van der Waals surface area contributed by atoms with Crippen molar-refractivity contribution in [1.82, 2.24) is 4.98 Å². The molecule has 0 unspecified atom stereocenters. The molecule has 0 bridgehead atoms. The molecule has 0 atom stereocenters. The number of benzene rings is 1. The quantitative estimate of drug-likeness (QED) is 0.901. The first kappa shape index (κ1) is 12.3. The van der Waals surface area contributed by atoms with Crippen LogP contribution in [0.5, 0.6) is 0 Å². The third-order valence-electron chi connectivity index (χ3n) is 2.58. The van der Waals surface area contributed by atoms with E-state index >= 15 is 0 Å². The Morgan fingerprint density at radius 3 is 2.65 bits per heavy atom. The topological polar surface area (TPSA) is 38.9 Å². The van der Waals surface area contributed by atoms with Gasteiger partial charge in [-0.1, -0.05) is 24.3 Å². The number of nitrogens with zero attached hydrogens (tertiary/aromatic N) is 1. The Bertz CT molecular complexity index is 509. The molecule has 2 aromatic rings. The van der Waals surface area contributed by atoms with Crippen LogP contribution < -0.4 is 5.73 Å². The molecule has 0 amide bonds. The minimum atomic E-state index is -0.194. The maximum absolute atomic E-state index is 6.01. The molecular weight excluding hydrogens is 228 g/mol. The van der Waals surface area contributed by atoms with E-state index in [2.05, 4.69) is 35.5 Å². The van der Waals surface area contributed by atoms with E-state index in [-0.39, 0.29) is 5.54 Å². The summed E-state index contributed by atoms with van der Waals surface area (Å²) in [6.07, 6.45) is 0.823. The van der Waals surface area contributed by atoms with Crippen LogP contribution in [0.1, 0.15) is 24.4 Å². The van der Waals surface area contributed by atoms with E-state index in [0.717, 1.165) is 17.1 Å². The summed E-state index contributed by atoms with van der Waals surface area (Å²) in [6.45, 7) is 6.17. The number of hydrogen-bond donors (Lipinski definition) is 1. The maximum atomic E-state index is 6.01. The average Bonchev–Trinajstić information content (AvgIpc) is 2.64. The molecule has 0 spiro atoms. The van der Waals surface area contributed by atoms with E-state index in [1.165, 1.54) is 11.1 Å². The van der Waals surface area contributed by atoms with Crippen molar-refractivity contribution in [3.8, 4) is 11.3 Å². The summed E-state index contributed by atoms with van der Waals surface area (Å²) < 4.78 is 0. The monoisotopic (exact) mass is 246 g/mol. The van der Waals surface area contributed by atoms with E-state index in [1.54, 1.807) is 11.3 Å². The summed E-state index contributed by atoms with van der Waals surface area (Å²) in [5, 5.41) is 3.22. The van der Waals surface area contributed by atoms with Gasteiger partial charge in [-0.15, -0.1) is 11.3 Å². The number of hydrogen-bond acceptors (Lipinski definition) is 3. The molecule has 1 aromatic heterocycles. The first-order chi connectivity index (χ1) is 7.96. The van der Waals surface area contributed by atoms with Crippen molar-refractivity contribution in [3.63, 3.8) is 0 Å². The van der Waals surface area contributed by atoms with Crippen molar-refractivity contribution in [3.05, 3.63) is 40.2 Å². The summed E-state index contributed by atoms with van der Waals surface area (Å²) in [5.41, 5.74) is 9.35. The van der Waals surface area contributed by atoms with Crippen molar-refractivity contribution in [2.45, 2.75) is 32.7 Å². The fraction of sp³-hybridized carbons (Fsp3) is 0.357. The van der Waals surface area contributed by atoms with E-state index in [1.807, 2.05) is 19.9 Å². The summed E-state index contributed by atoms with van der Waals surface area (Å²) >= 11 is 1.69. The predicted molar refractivity (Wildman–Crippen MR) is 74.3 cm³/mol. The summed E-state index contributed by atoms with van der Waals surface area (Å²) in [7, 11) is 0. The van der Waals surface area contributed by atoms with E-state index in [4.69, 9.17) is 5.73 Å². The molecule has 0 aliphatic heterocycles. The maximum Gasteiger partial charge on any atom is 0.0950 e. The van der Waals surface area contributed by atoms with Gasteiger partial charge in [0.05, 0.1) is 10.7 Å². The zero-order valence-corrected chi connectivity index (χ0v) is 11.3. The second kappa shape index (κ2) is 4.59. The van der Waals surface area contributed by atoms with Gasteiger partial charge in [-0.2, -0.15) is 0 Å². The van der Waals surface area contributed by atoms with Crippen molar-refractivity contribution in [1.29, 1.82) is 0 Å². The van der Waals surface area contributed by atoms with Gasteiger partial charge in [-0.3, -0.25) is 0 Å². The summed E-state index contributed by atoms with van der Waals surface area (Å²) in [5.74, 6) is 0. The van der Waals surface area contributed by atoms with E-state index < -0.39 is 0 Å². The highest BCUT2D eigenvalue weighted by Crippen LogP contribution is 2.26. The SMILES string of the molecule is Cc1ccccc1-c1csc(CC(C)(C)N)n1. The fourth-order valence-corrected chi connectivity index (χ4v) is 2.80. The Morgan fingerprint density at radius 2 is 2.00 bits per heavy atom. The smallest absolute Gasteiger partial charge is 0.0950 e. The lowest BCUT2D eigenvalue weighted by Gasteiger charge is -2.15. The van der Waals surface area contributed by atoms with Crippen LogP contribution in [0.15, 0.2) is 29.6 Å². The Hall–Kier alpha value is -1.19. The number of nitrogens with two attached hydrogens (primary N) is 1. The molecule has 90 valence electrons. The van der Waals surface area contributed by atoms with Crippen LogP contribution >= 0.6 is 11.3 Å². The minimum Gasteiger partial charge on any atom is -0.325 e. The first-order valence-corrected chi connectivity index (χ1v) is 6.63. The molecule has 2 nitrogen and oxygen atoms in total.